The molecule has 0 atom stereocenters. The normalized spacial score (nSPS) is 10.7. The number of nitrogens with one attached hydrogen (secondary N) is 2. The molecule has 0 aliphatic carbocycles. The molecule has 3 N–H and O–H groups in total. The van der Waals surface area contributed by atoms with E-state index in [-0.39, 0.29) is 11.8 Å². The zero-order valence-electron chi connectivity index (χ0n) is 17.3. The van der Waals surface area contributed by atoms with E-state index in [1.54, 1.807) is 18.2 Å². The predicted octanol–water partition coefficient (Wildman–Crippen LogP) is 7.00. The minimum atomic E-state index is -0.213. The average Bonchev–Trinajstić information content (AvgIpc) is 2.65. The highest BCUT2D eigenvalue weighted by molar-refractivity contribution is 5.89. The Morgan fingerprint density at radius 3 is 1.85 bits per heavy atom. The number of anilines is 1. The minimum Gasteiger partial charge on any atom is -0.508 e. The summed E-state index contributed by atoms with van der Waals surface area (Å²) >= 11 is 0. The highest BCUT2D eigenvalue weighted by Gasteiger charge is 2.01. The monoisotopic (exact) mass is 376 g/mol. The third-order valence-corrected chi connectivity index (χ3v) is 4.92. The van der Waals surface area contributed by atoms with Crippen LogP contribution in [0.5, 0.6) is 5.75 Å². The summed E-state index contributed by atoms with van der Waals surface area (Å²) in [4.78, 5) is 11.8. The van der Waals surface area contributed by atoms with Gasteiger partial charge in [-0.3, -0.25) is 0 Å². The van der Waals surface area contributed by atoms with E-state index in [9.17, 15) is 9.90 Å². The molecule has 0 heterocycles. The number of hydrogen-bond donors (Lipinski definition) is 3. The lowest BCUT2D eigenvalue weighted by molar-refractivity contribution is 0.252. The fourth-order valence-electron chi connectivity index (χ4n) is 3.28. The third kappa shape index (κ3) is 14.1. The van der Waals surface area contributed by atoms with Gasteiger partial charge in [0.1, 0.15) is 5.75 Å². The lowest BCUT2D eigenvalue weighted by Crippen LogP contribution is -2.29. The number of hydrogen-bond acceptors (Lipinski definition) is 2. The summed E-state index contributed by atoms with van der Waals surface area (Å²) in [5.41, 5.74) is 0.605. The first kappa shape index (κ1) is 23.3. The summed E-state index contributed by atoms with van der Waals surface area (Å²) in [6, 6.07) is 6.36. The maximum atomic E-state index is 11.8. The first-order valence-corrected chi connectivity index (χ1v) is 11.1. The molecule has 4 nitrogen and oxygen atoms in total. The number of aromatic hydroxyl groups is 1. The SMILES string of the molecule is CCCCCCCCCCCCCCCCNC(=O)Nc1cccc(O)c1. The van der Waals surface area contributed by atoms with E-state index in [1.807, 2.05) is 0 Å². The average molecular weight is 377 g/mol. The first-order chi connectivity index (χ1) is 13.2. The van der Waals surface area contributed by atoms with E-state index < -0.39 is 0 Å². The van der Waals surface area contributed by atoms with Crippen LogP contribution in [0.15, 0.2) is 24.3 Å². The Balaban J connectivity index is 1.82. The van der Waals surface area contributed by atoms with Gasteiger partial charge in [0, 0.05) is 18.3 Å². The van der Waals surface area contributed by atoms with Gasteiger partial charge < -0.3 is 15.7 Å². The van der Waals surface area contributed by atoms with Crippen molar-refractivity contribution in [3.63, 3.8) is 0 Å². The van der Waals surface area contributed by atoms with Crippen molar-refractivity contribution in [3.05, 3.63) is 24.3 Å². The Labute approximate surface area is 166 Å². The highest BCUT2D eigenvalue weighted by Crippen LogP contribution is 2.15. The molecular formula is C23H40N2O2. The van der Waals surface area contributed by atoms with Gasteiger partial charge in [-0.25, -0.2) is 4.79 Å². The van der Waals surface area contributed by atoms with Gasteiger partial charge in [0.05, 0.1) is 0 Å². The number of amides is 2. The van der Waals surface area contributed by atoms with Crippen molar-refractivity contribution in [1.29, 1.82) is 0 Å². The van der Waals surface area contributed by atoms with Gasteiger partial charge in [0.15, 0.2) is 0 Å². The molecule has 0 saturated heterocycles. The molecule has 2 amide bonds. The fraction of sp³-hybridized carbons (Fsp3) is 0.696. The van der Waals surface area contributed by atoms with Gasteiger partial charge in [-0.05, 0) is 18.6 Å². The molecule has 0 bridgehead atoms. The van der Waals surface area contributed by atoms with Crippen molar-refractivity contribution in [3.8, 4) is 5.75 Å². The first-order valence-electron chi connectivity index (χ1n) is 11.1. The van der Waals surface area contributed by atoms with E-state index in [0.29, 0.717) is 12.2 Å². The third-order valence-electron chi connectivity index (χ3n) is 4.92. The van der Waals surface area contributed by atoms with Gasteiger partial charge >= 0.3 is 6.03 Å². The summed E-state index contributed by atoms with van der Waals surface area (Å²) in [7, 11) is 0. The predicted molar refractivity (Wildman–Crippen MR) is 115 cm³/mol. The topological polar surface area (TPSA) is 61.4 Å². The molecule has 27 heavy (non-hydrogen) atoms. The van der Waals surface area contributed by atoms with Gasteiger partial charge in [-0.1, -0.05) is 96.5 Å². The molecule has 0 radical (unpaired) electrons. The lowest BCUT2D eigenvalue weighted by atomic mass is 10.0. The van der Waals surface area contributed by atoms with Crippen molar-refractivity contribution in [1.82, 2.24) is 5.32 Å². The van der Waals surface area contributed by atoms with Gasteiger partial charge in [-0.2, -0.15) is 0 Å². The summed E-state index contributed by atoms with van der Waals surface area (Å²) in [6.45, 7) is 2.97. The molecule has 0 aromatic heterocycles. The number of carbonyl (C=O) groups excluding carboxylic acids is 1. The molecule has 0 aliphatic heterocycles. The Bertz CT molecular complexity index is 491. The van der Waals surface area contributed by atoms with E-state index in [1.165, 1.54) is 89.5 Å². The standard InChI is InChI=1S/C23H40N2O2/c1-2-3-4-5-6-7-8-9-10-11-12-13-14-15-19-24-23(27)25-21-17-16-18-22(26)20-21/h16-18,20,26H,2-15,19H2,1H3,(H2,24,25,27). The molecular weight excluding hydrogens is 336 g/mol. The molecule has 0 aliphatic rings. The van der Waals surface area contributed by atoms with Gasteiger partial charge in [0.2, 0.25) is 0 Å². The lowest BCUT2D eigenvalue weighted by Gasteiger charge is -2.08. The van der Waals surface area contributed by atoms with Crippen LogP contribution < -0.4 is 10.6 Å². The number of rotatable bonds is 16. The Morgan fingerprint density at radius 2 is 1.33 bits per heavy atom. The number of unbranched alkanes of at least 4 members (excludes halogenated alkanes) is 13. The largest absolute Gasteiger partial charge is 0.508 e. The van der Waals surface area contributed by atoms with Crippen LogP contribution >= 0.6 is 0 Å². The zero-order chi connectivity index (χ0) is 19.6. The number of phenols is 1. The van der Waals surface area contributed by atoms with Gasteiger partial charge in [-0.15, -0.1) is 0 Å². The molecule has 1 aromatic carbocycles. The second kappa shape index (κ2) is 16.5. The molecule has 1 aromatic rings. The second-order valence-corrected chi connectivity index (χ2v) is 7.53. The molecule has 0 spiro atoms. The number of urea groups is 1. The second-order valence-electron chi connectivity index (χ2n) is 7.53. The molecule has 1 rings (SSSR count). The van der Waals surface area contributed by atoms with Crippen LogP contribution in [-0.4, -0.2) is 17.7 Å². The Kier molecular flexibility index (Phi) is 14.2. The van der Waals surface area contributed by atoms with Crippen molar-refractivity contribution >= 4 is 11.7 Å². The van der Waals surface area contributed by atoms with Gasteiger partial charge in [0.25, 0.3) is 0 Å². The van der Waals surface area contributed by atoms with Crippen LogP contribution in [0.4, 0.5) is 10.5 Å². The van der Waals surface area contributed by atoms with Crippen molar-refractivity contribution in [2.45, 2.75) is 96.8 Å². The Morgan fingerprint density at radius 1 is 0.815 bits per heavy atom. The highest BCUT2D eigenvalue weighted by atomic mass is 16.3. The number of carbonyl (C=O) groups is 1. The maximum absolute atomic E-state index is 11.8. The van der Waals surface area contributed by atoms with E-state index in [0.717, 1.165) is 6.42 Å². The Hall–Kier alpha value is -1.71. The molecule has 154 valence electrons. The number of benzene rings is 1. The van der Waals surface area contributed by atoms with Crippen LogP contribution in [0.3, 0.4) is 0 Å². The molecule has 0 saturated carbocycles. The van der Waals surface area contributed by atoms with Crippen molar-refractivity contribution in [2.75, 3.05) is 11.9 Å². The van der Waals surface area contributed by atoms with E-state index in [2.05, 4.69) is 17.6 Å². The van der Waals surface area contributed by atoms with Crippen LogP contribution in [0, 0.1) is 0 Å². The summed E-state index contributed by atoms with van der Waals surface area (Å²) in [5, 5.41) is 15.0. The maximum Gasteiger partial charge on any atom is 0.319 e. The molecule has 0 unspecified atom stereocenters. The molecule has 4 heteroatoms. The summed E-state index contributed by atoms with van der Waals surface area (Å²) < 4.78 is 0. The van der Waals surface area contributed by atoms with E-state index >= 15 is 0 Å². The van der Waals surface area contributed by atoms with E-state index in [4.69, 9.17) is 0 Å². The summed E-state index contributed by atoms with van der Waals surface area (Å²) in [6.07, 6.45) is 18.7. The minimum absolute atomic E-state index is 0.153. The zero-order valence-corrected chi connectivity index (χ0v) is 17.3. The van der Waals surface area contributed by atoms with Crippen LogP contribution in [0.2, 0.25) is 0 Å². The van der Waals surface area contributed by atoms with Crippen LogP contribution in [0.1, 0.15) is 96.8 Å². The fourth-order valence-corrected chi connectivity index (χ4v) is 3.28. The smallest absolute Gasteiger partial charge is 0.319 e. The molecule has 0 fully saturated rings. The van der Waals surface area contributed by atoms with Crippen LogP contribution in [0.25, 0.3) is 0 Å². The van der Waals surface area contributed by atoms with Crippen LogP contribution in [-0.2, 0) is 0 Å². The van der Waals surface area contributed by atoms with Crippen molar-refractivity contribution in [2.24, 2.45) is 0 Å². The summed E-state index contributed by atoms with van der Waals surface area (Å²) in [5.74, 6) is 0.153. The van der Waals surface area contributed by atoms with Crippen molar-refractivity contribution < 1.29 is 9.90 Å². The number of phenolic OH excluding ortho intramolecular Hbond substituents is 1. The quantitative estimate of drug-likeness (QED) is 0.272.